The zero-order valence-corrected chi connectivity index (χ0v) is 15.3. The van der Waals surface area contributed by atoms with E-state index in [-0.39, 0.29) is 11.7 Å². The van der Waals surface area contributed by atoms with E-state index >= 15 is 0 Å². The van der Waals surface area contributed by atoms with Crippen molar-refractivity contribution in [3.63, 3.8) is 0 Å². The van der Waals surface area contributed by atoms with E-state index in [9.17, 15) is 4.79 Å². The monoisotopic (exact) mass is 361 g/mol. The minimum absolute atomic E-state index is 0.0106. The Morgan fingerprint density at radius 2 is 1.85 bits per heavy atom. The van der Waals surface area contributed by atoms with Gasteiger partial charge in [-0.2, -0.15) is 0 Å². The Bertz CT molecular complexity index is 1020. The van der Waals surface area contributed by atoms with Crippen LogP contribution in [0.2, 0.25) is 0 Å². The lowest BCUT2D eigenvalue weighted by atomic mass is 10.1. The fourth-order valence-electron chi connectivity index (χ4n) is 4.34. The van der Waals surface area contributed by atoms with Crippen molar-refractivity contribution in [1.82, 2.24) is 14.5 Å². The molecule has 138 valence electrons. The smallest absolute Gasteiger partial charge is 0.263 e. The Kier molecular flexibility index (Phi) is 4.17. The van der Waals surface area contributed by atoms with Gasteiger partial charge in [0.25, 0.3) is 5.56 Å². The van der Waals surface area contributed by atoms with E-state index < -0.39 is 0 Å². The highest BCUT2D eigenvalue weighted by molar-refractivity contribution is 5.85. The molecule has 2 aliphatic rings. The molecule has 5 nitrogen and oxygen atoms in total. The van der Waals surface area contributed by atoms with Gasteiger partial charge in [0.15, 0.2) is 5.65 Å². The van der Waals surface area contributed by atoms with E-state index in [0.29, 0.717) is 12.1 Å². The Labute approximate surface area is 158 Å². The predicted octanol–water partition coefficient (Wildman–Crippen LogP) is 3.18. The lowest BCUT2D eigenvalue weighted by Crippen LogP contribution is -2.38. The van der Waals surface area contributed by atoms with Crippen LogP contribution in [-0.2, 0) is 6.42 Å². The van der Waals surface area contributed by atoms with Crippen LogP contribution >= 0.6 is 0 Å². The Morgan fingerprint density at radius 3 is 2.67 bits per heavy atom. The number of ether oxygens (including phenoxy) is 1. The van der Waals surface area contributed by atoms with Gasteiger partial charge in [-0.3, -0.25) is 14.3 Å². The molecule has 2 aliphatic heterocycles. The number of likely N-dealkylation sites (tertiary alicyclic amines) is 1. The van der Waals surface area contributed by atoms with Crippen molar-refractivity contribution in [3.05, 3.63) is 64.6 Å². The van der Waals surface area contributed by atoms with Crippen LogP contribution in [0, 0.1) is 0 Å². The van der Waals surface area contributed by atoms with Crippen molar-refractivity contribution in [3.8, 4) is 11.4 Å². The van der Waals surface area contributed by atoms with Crippen molar-refractivity contribution in [1.29, 1.82) is 0 Å². The fraction of sp³-hybridized carbons (Fsp3) is 0.364. The molecular weight excluding hydrogens is 338 g/mol. The normalized spacial score (nSPS) is 19.8. The van der Waals surface area contributed by atoms with Crippen LogP contribution in [0.3, 0.4) is 0 Å². The second kappa shape index (κ2) is 6.82. The first-order valence-electron chi connectivity index (χ1n) is 9.78. The van der Waals surface area contributed by atoms with E-state index in [1.807, 2.05) is 42.5 Å². The standard InChI is InChI=1S/C22H23N3O2/c26-22-19-14-17(15-24-12-5-2-6-13-24)27-20(19)18-10-7-11-23-21(18)25(22)16-8-3-1-4-9-16/h1,3-4,7-11,17H,2,5-6,12-15H2. The third kappa shape index (κ3) is 2.92. The van der Waals surface area contributed by atoms with Crippen molar-refractivity contribution in [2.45, 2.75) is 31.8 Å². The number of benzene rings is 1. The summed E-state index contributed by atoms with van der Waals surface area (Å²) >= 11 is 0. The van der Waals surface area contributed by atoms with Gasteiger partial charge in [0.2, 0.25) is 0 Å². The molecule has 0 N–H and O–H groups in total. The minimum Gasteiger partial charge on any atom is -0.487 e. The van der Waals surface area contributed by atoms with Gasteiger partial charge in [-0.05, 0) is 50.2 Å². The van der Waals surface area contributed by atoms with Crippen molar-refractivity contribution < 1.29 is 4.74 Å². The number of hydrogen-bond donors (Lipinski definition) is 0. The maximum atomic E-state index is 13.3. The molecule has 5 heteroatoms. The molecule has 3 aromatic rings. The van der Waals surface area contributed by atoms with E-state index in [4.69, 9.17) is 4.74 Å². The number of fused-ring (bicyclic) bond motifs is 3. The number of hydrogen-bond acceptors (Lipinski definition) is 4. The second-order valence-corrected chi connectivity index (χ2v) is 7.46. The number of piperidine rings is 1. The van der Waals surface area contributed by atoms with Crippen LogP contribution in [0.25, 0.3) is 16.7 Å². The summed E-state index contributed by atoms with van der Waals surface area (Å²) in [6.45, 7) is 3.15. The van der Waals surface area contributed by atoms with Crippen LogP contribution in [-0.4, -0.2) is 40.2 Å². The molecule has 1 aromatic carbocycles. The minimum atomic E-state index is -0.0106. The van der Waals surface area contributed by atoms with Crippen molar-refractivity contribution in [2.75, 3.05) is 19.6 Å². The maximum absolute atomic E-state index is 13.3. The number of nitrogens with zero attached hydrogens (tertiary/aromatic N) is 3. The highest BCUT2D eigenvalue weighted by atomic mass is 16.5. The summed E-state index contributed by atoms with van der Waals surface area (Å²) in [7, 11) is 0. The molecule has 5 rings (SSSR count). The quantitative estimate of drug-likeness (QED) is 0.719. The van der Waals surface area contributed by atoms with Gasteiger partial charge < -0.3 is 4.74 Å². The molecule has 1 fully saturated rings. The molecule has 0 radical (unpaired) electrons. The summed E-state index contributed by atoms with van der Waals surface area (Å²) < 4.78 is 8.02. The summed E-state index contributed by atoms with van der Waals surface area (Å²) in [5.41, 5.74) is 2.27. The van der Waals surface area contributed by atoms with Crippen LogP contribution in [0.1, 0.15) is 24.8 Å². The van der Waals surface area contributed by atoms with Gasteiger partial charge in [0.1, 0.15) is 11.9 Å². The van der Waals surface area contributed by atoms with Gasteiger partial charge in [-0.1, -0.05) is 24.6 Å². The van der Waals surface area contributed by atoms with Crippen molar-refractivity contribution in [2.24, 2.45) is 0 Å². The average molecular weight is 361 g/mol. The Hall–Kier alpha value is -2.66. The number of aromatic nitrogens is 2. The largest absolute Gasteiger partial charge is 0.487 e. The molecule has 0 bridgehead atoms. The molecule has 27 heavy (non-hydrogen) atoms. The first-order chi connectivity index (χ1) is 13.3. The molecule has 0 saturated carbocycles. The van der Waals surface area contributed by atoms with Crippen LogP contribution in [0.4, 0.5) is 0 Å². The Morgan fingerprint density at radius 1 is 1.04 bits per heavy atom. The molecule has 2 aromatic heterocycles. The highest BCUT2D eigenvalue weighted by Crippen LogP contribution is 2.34. The van der Waals surface area contributed by atoms with Gasteiger partial charge in [0, 0.05) is 19.2 Å². The number of pyridine rings is 2. The molecular formula is C22H23N3O2. The third-order valence-electron chi connectivity index (χ3n) is 5.62. The van der Waals surface area contributed by atoms with E-state index in [2.05, 4.69) is 9.88 Å². The van der Waals surface area contributed by atoms with E-state index in [1.54, 1.807) is 10.8 Å². The molecule has 0 spiro atoms. The molecule has 0 amide bonds. The third-order valence-corrected chi connectivity index (χ3v) is 5.62. The van der Waals surface area contributed by atoms with E-state index in [1.165, 1.54) is 19.3 Å². The van der Waals surface area contributed by atoms with Crippen LogP contribution in [0.15, 0.2) is 53.5 Å². The van der Waals surface area contributed by atoms with Gasteiger partial charge in [-0.25, -0.2) is 4.98 Å². The van der Waals surface area contributed by atoms with Crippen LogP contribution < -0.4 is 10.3 Å². The SMILES string of the molecule is O=c1c2c(c3cccnc3n1-c1ccccc1)OC(CN1CCCCC1)C2. The Balaban J connectivity index is 1.58. The predicted molar refractivity (Wildman–Crippen MR) is 106 cm³/mol. The molecule has 4 heterocycles. The highest BCUT2D eigenvalue weighted by Gasteiger charge is 2.31. The summed E-state index contributed by atoms with van der Waals surface area (Å²) in [4.78, 5) is 20.3. The zero-order valence-electron chi connectivity index (χ0n) is 15.3. The number of rotatable bonds is 3. The maximum Gasteiger partial charge on any atom is 0.263 e. The number of para-hydroxylation sites is 1. The summed E-state index contributed by atoms with van der Waals surface area (Å²) in [5.74, 6) is 0.734. The van der Waals surface area contributed by atoms with Gasteiger partial charge in [-0.15, -0.1) is 0 Å². The van der Waals surface area contributed by atoms with Crippen molar-refractivity contribution >= 4 is 11.0 Å². The molecule has 1 unspecified atom stereocenters. The van der Waals surface area contributed by atoms with Gasteiger partial charge in [0.05, 0.1) is 16.6 Å². The average Bonchev–Trinajstić information content (AvgIpc) is 3.14. The second-order valence-electron chi connectivity index (χ2n) is 7.46. The lowest BCUT2D eigenvalue weighted by Gasteiger charge is -2.28. The van der Waals surface area contributed by atoms with E-state index in [0.717, 1.165) is 42.0 Å². The summed E-state index contributed by atoms with van der Waals surface area (Å²) in [6.07, 6.45) is 6.28. The molecule has 1 atom stereocenters. The first-order valence-corrected chi connectivity index (χ1v) is 9.78. The fourth-order valence-corrected chi connectivity index (χ4v) is 4.34. The lowest BCUT2D eigenvalue weighted by molar-refractivity contribution is 0.135. The zero-order chi connectivity index (χ0) is 18.2. The first kappa shape index (κ1) is 16.5. The summed E-state index contributed by atoms with van der Waals surface area (Å²) in [6, 6.07) is 13.6. The molecule has 1 saturated heterocycles. The topological polar surface area (TPSA) is 47.4 Å². The van der Waals surface area contributed by atoms with Gasteiger partial charge >= 0.3 is 0 Å². The molecule has 0 aliphatic carbocycles. The van der Waals surface area contributed by atoms with Crippen LogP contribution in [0.5, 0.6) is 5.75 Å². The summed E-state index contributed by atoms with van der Waals surface area (Å²) in [5, 5.41) is 0.914.